The Kier molecular flexibility index (Phi) is 3.98. The smallest absolute Gasteiger partial charge is 0.208 e. The molecule has 0 aliphatic carbocycles. The van der Waals surface area contributed by atoms with Crippen molar-refractivity contribution >= 4 is 10.0 Å². The number of sulfonamides is 1. The van der Waals surface area contributed by atoms with Crippen LogP contribution in [-0.2, 0) is 10.0 Å². The van der Waals surface area contributed by atoms with Gasteiger partial charge < -0.3 is 0 Å². The van der Waals surface area contributed by atoms with Crippen molar-refractivity contribution in [2.45, 2.75) is 31.2 Å². The first-order chi connectivity index (χ1) is 7.36. The van der Waals surface area contributed by atoms with Crippen molar-refractivity contribution in [3.05, 3.63) is 29.8 Å². The number of hydrogen-bond donors (Lipinski definition) is 1. The van der Waals surface area contributed by atoms with Gasteiger partial charge in [0, 0.05) is 6.04 Å². The molecule has 16 heavy (non-hydrogen) atoms. The van der Waals surface area contributed by atoms with Gasteiger partial charge in [-0.3, -0.25) is 0 Å². The van der Waals surface area contributed by atoms with Crippen molar-refractivity contribution in [3.8, 4) is 0 Å². The van der Waals surface area contributed by atoms with E-state index in [0.29, 0.717) is 12.5 Å². The van der Waals surface area contributed by atoms with Crippen LogP contribution in [0.5, 0.6) is 0 Å². The zero-order valence-electron chi connectivity index (χ0n) is 9.00. The van der Waals surface area contributed by atoms with Gasteiger partial charge in [0.25, 0.3) is 0 Å². The second-order valence-corrected chi connectivity index (χ2v) is 5.22. The van der Waals surface area contributed by atoms with E-state index in [2.05, 4.69) is 4.72 Å². The van der Waals surface area contributed by atoms with Crippen LogP contribution in [-0.4, -0.2) is 14.5 Å². The van der Waals surface area contributed by atoms with Gasteiger partial charge in [0.15, 0.2) is 11.6 Å². The molecule has 90 valence electrons. The van der Waals surface area contributed by atoms with Gasteiger partial charge >= 0.3 is 0 Å². The normalized spacial score (nSPS) is 13.8. The maximum atomic E-state index is 12.9. The molecule has 0 aliphatic rings. The zero-order valence-corrected chi connectivity index (χ0v) is 9.81. The SMILES string of the molecule is CCC(C)NS(=O)(=O)c1ccc(F)c(F)c1. The summed E-state index contributed by atoms with van der Waals surface area (Å²) >= 11 is 0. The lowest BCUT2D eigenvalue weighted by molar-refractivity contribution is 0.503. The van der Waals surface area contributed by atoms with Gasteiger partial charge in [-0.05, 0) is 31.5 Å². The summed E-state index contributed by atoms with van der Waals surface area (Å²) in [4.78, 5) is -0.272. The highest BCUT2D eigenvalue weighted by atomic mass is 32.2. The first kappa shape index (κ1) is 13.1. The highest BCUT2D eigenvalue weighted by molar-refractivity contribution is 7.89. The number of rotatable bonds is 4. The predicted octanol–water partition coefficient (Wildman–Crippen LogP) is 2.04. The van der Waals surface area contributed by atoms with Crippen LogP contribution in [0.3, 0.4) is 0 Å². The van der Waals surface area contributed by atoms with Crippen molar-refractivity contribution in [2.75, 3.05) is 0 Å². The second kappa shape index (κ2) is 4.88. The lowest BCUT2D eigenvalue weighted by Gasteiger charge is -2.11. The van der Waals surface area contributed by atoms with E-state index in [-0.39, 0.29) is 10.9 Å². The summed E-state index contributed by atoms with van der Waals surface area (Å²) in [6.45, 7) is 3.51. The van der Waals surface area contributed by atoms with E-state index in [1.807, 2.05) is 6.92 Å². The highest BCUT2D eigenvalue weighted by Crippen LogP contribution is 2.14. The maximum absolute atomic E-state index is 12.9. The van der Waals surface area contributed by atoms with Crippen LogP contribution in [0.4, 0.5) is 8.78 Å². The molecule has 1 atom stereocenters. The van der Waals surface area contributed by atoms with Crippen LogP contribution in [0.2, 0.25) is 0 Å². The topological polar surface area (TPSA) is 46.2 Å². The van der Waals surface area contributed by atoms with E-state index in [4.69, 9.17) is 0 Å². The zero-order chi connectivity index (χ0) is 12.3. The summed E-state index contributed by atoms with van der Waals surface area (Å²) in [5, 5.41) is 0. The molecule has 0 heterocycles. The number of benzene rings is 1. The number of hydrogen-bond acceptors (Lipinski definition) is 2. The molecule has 0 fully saturated rings. The minimum Gasteiger partial charge on any atom is -0.208 e. The summed E-state index contributed by atoms with van der Waals surface area (Å²) < 4.78 is 51.2. The average Bonchev–Trinajstić information content (AvgIpc) is 2.21. The molecule has 0 spiro atoms. The highest BCUT2D eigenvalue weighted by Gasteiger charge is 2.18. The molecule has 0 bridgehead atoms. The molecule has 1 unspecified atom stereocenters. The minimum absolute atomic E-state index is 0.252. The molecule has 3 nitrogen and oxygen atoms in total. The predicted molar refractivity (Wildman–Crippen MR) is 56.4 cm³/mol. The van der Waals surface area contributed by atoms with Crippen molar-refractivity contribution in [3.63, 3.8) is 0 Å². The van der Waals surface area contributed by atoms with E-state index >= 15 is 0 Å². The molecule has 1 aromatic rings. The molecular weight excluding hydrogens is 236 g/mol. The summed E-state index contributed by atoms with van der Waals surface area (Å²) in [5.41, 5.74) is 0. The maximum Gasteiger partial charge on any atom is 0.240 e. The molecule has 0 saturated heterocycles. The standard InChI is InChI=1S/C10H13F2NO2S/c1-3-7(2)13-16(14,15)8-4-5-9(11)10(12)6-8/h4-7,13H,3H2,1-2H3. The third-order valence-electron chi connectivity index (χ3n) is 2.17. The Morgan fingerprint density at radius 2 is 1.94 bits per heavy atom. The quantitative estimate of drug-likeness (QED) is 0.887. The molecule has 1 aromatic carbocycles. The molecule has 0 aromatic heterocycles. The van der Waals surface area contributed by atoms with E-state index in [9.17, 15) is 17.2 Å². The second-order valence-electron chi connectivity index (χ2n) is 3.51. The largest absolute Gasteiger partial charge is 0.240 e. The fourth-order valence-electron chi connectivity index (χ4n) is 1.06. The van der Waals surface area contributed by atoms with Gasteiger partial charge in [0.1, 0.15) is 0 Å². The Hall–Kier alpha value is -1.01. The molecule has 0 saturated carbocycles. The minimum atomic E-state index is -3.77. The first-order valence-corrected chi connectivity index (χ1v) is 6.32. The fourth-order valence-corrected chi connectivity index (χ4v) is 2.40. The van der Waals surface area contributed by atoms with Crippen molar-refractivity contribution in [1.82, 2.24) is 4.72 Å². The third kappa shape index (κ3) is 2.99. The van der Waals surface area contributed by atoms with Crippen molar-refractivity contribution in [2.24, 2.45) is 0 Å². The molecule has 0 aliphatic heterocycles. The van der Waals surface area contributed by atoms with Crippen molar-refractivity contribution < 1.29 is 17.2 Å². The summed E-state index contributed by atoms with van der Waals surface area (Å²) in [6.07, 6.45) is 0.614. The molecule has 0 radical (unpaired) electrons. The fraction of sp³-hybridized carbons (Fsp3) is 0.400. The van der Waals surface area contributed by atoms with Gasteiger partial charge in [-0.1, -0.05) is 6.92 Å². The van der Waals surface area contributed by atoms with Crippen LogP contribution in [0.15, 0.2) is 23.1 Å². The van der Waals surface area contributed by atoms with Gasteiger partial charge in [0.05, 0.1) is 4.90 Å². The monoisotopic (exact) mass is 249 g/mol. The van der Waals surface area contributed by atoms with E-state index in [0.717, 1.165) is 12.1 Å². The summed E-state index contributed by atoms with van der Waals surface area (Å²) in [5.74, 6) is -2.24. The molecular formula is C10H13F2NO2S. The Morgan fingerprint density at radius 1 is 1.31 bits per heavy atom. The van der Waals surface area contributed by atoms with Gasteiger partial charge in [-0.15, -0.1) is 0 Å². The molecule has 0 amide bonds. The Balaban J connectivity index is 3.03. The third-order valence-corrected chi connectivity index (χ3v) is 3.76. The lowest BCUT2D eigenvalue weighted by atomic mass is 10.3. The first-order valence-electron chi connectivity index (χ1n) is 4.84. The van der Waals surface area contributed by atoms with Crippen molar-refractivity contribution in [1.29, 1.82) is 0 Å². The van der Waals surface area contributed by atoms with Crippen LogP contribution >= 0.6 is 0 Å². The van der Waals surface area contributed by atoms with Crippen LogP contribution in [0, 0.1) is 11.6 Å². The number of halogens is 2. The molecule has 1 rings (SSSR count). The van der Waals surface area contributed by atoms with Crippen LogP contribution < -0.4 is 4.72 Å². The number of nitrogens with one attached hydrogen (secondary N) is 1. The average molecular weight is 249 g/mol. The Morgan fingerprint density at radius 3 is 2.44 bits per heavy atom. The summed E-state index contributed by atoms with van der Waals surface area (Å²) in [7, 11) is -3.77. The Bertz CT molecular complexity index is 474. The van der Waals surface area contributed by atoms with E-state index < -0.39 is 21.7 Å². The van der Waals surface area contributed by atoms with E-state index in [1.165, 1.54) is 0 Å². The van der Waals surface area contributed by atoms with Gasteiger partial charge in [-0.2, -0.15) is 0 Å². The molecule has 1 N–H and O–H groups in total. The van der Waals surface area contributed by atoms with Crippen LogP contribution in [0.1, 0.15) is 20.3 Å². The molecule has 6 heteroatoms. The van der Waals surface area contributed by atoms with Crippen LogP contribution in [0.25, 0.3) is 0 Å². The van der Waals surface area contributed by atoms with E-state index in [1.54, 1.807) is 6.92 Å². The lowest BCUT2D eigenvalue weighted by Crippen LogP contribution is -2.32. The van der Waals surface area contributed by atoms with Gasteiger partial charge in [-0.25, -0.2) is 21.9 Å². The summed E-state index contributed by atoms with van der Waals surface area (Å²) in [6, 6.07) is 2.24. The van der Waals surface area contributed by atoms with Gasteiger partial charge in [0.2, 0.25) is 10.0 Å². The Labute approximate surface area is 93.5 Å².